The Hall–Kier alpha value is -2.35. The fourth-order valence-electron chi connectivity index (χ4n) is 4.57. The average Bonchev–Trinajstić information content (AvgIpc) is 3.57. The molecule has 1 heterocycles. The maximum Gasteiger partial charge on any atom is 0.222 e. The Morgan fingerprint density at radius 1 is 1.13 bits per heavy atom. The molecule has 1 amide bonds. The summed E-state index contributed by atoms with van der Waals surface area (Å²) in [5.41, 5.74) is 3.17. The molecular formula is C25H25Cl2N3O. The number of terminal acetylenes is 1. The number of amides is 1. The molecule has 4 nitrogen and oxygen atoms in total. The van der Waals surface area contributed by atoms with Crippen molar-refractivity contribution in [2.75, 3.05) is 7.05 Å². The molecule has 0 radical (unpaired) electrons. The van der Waals surface area contributed by atoms with Crippen LogP contribution in [0.25, 0.3) is 0 Å². The second-order valence-corrected chi connectivity index (χ2v) is 9.15. The van der Waals surface area contributed by atoms with Gasteiger partial charge in [-0.2, -0.15) is 10.2 Å². The first kappa shape index (κ1) is 21.9. The Kier molecular flexibility index (Phi) is 6.36. The first-order chi connectivity index (χ1) is 14.9. The monoisotopic (exact) mass is 453 g/mol. The smallest absolute Gasteiger partial charge is 0.222 e. The molecule has 2 aliphatic rings. The Balaban J connectivity index is 1.49. The van der Waals surface area contributed by atoms with Crippen LogP contribution in [0.3, 0.4) is 0 Å². The molecule has 0 saturated carbocycles. The highest BCUT2D eigenvalue weighted by atomic mass is 35.5. The van der Waals surface area contributed by atoms with Crippen LogP contribution < -0.4 is 0 Å². The summed E-state index contributed by atoms with van der Waals surface area (Å²) in [4.78, 5) is 14.9. The molecule has 4 rings (SSSR count). The van der Waals surface area contributed by atoms with Crippen LogP contribution >= 0.6 is 23.2 Å². The summed E-state index contributed by atoms with van der Waals surface area (Å²) in [7, 11) is 1.90. The van der Waals surface area contributed by atoms with Gasteiger partial charge in [-0.3, -0.25) is 4.79 Å². The van der Waals surface area contributed by atoms with Crippen molar-refractivity contribution in [3.63, 3.8) is 0 Å². The fourth-order valence-corrected chi connectivity index (χ4v) is 4.88. The fraction of sp³-hybridized carbons (Fsp3) is 0.400. The van der Waals surface area contributed by atoms with Crippen molar-refractivity contribution in [2.45, 2.75) is 56.1 Å². The first-order valence-corrected chi connectivity index (χ1v) is 11.4. The van der Waals surface area contributed by atoms with E-state index in [0.717, 1.165) is 24.8 Å². The summed E-state index contributed by atoms with van der Waals surface area (Å²) in [6, 6.07) is 14.3. The average molecular weight is 454 g/mol. The zero-order valence-corrected chi connectivity index (χ0v) is 19.0. The maximum atomic E-state index is 13.0. The highest BCUT2D eigenvalue weighted by Gasteiger charge is 2.40. The van der Waals surface area contributed by atoms with Gasteiger partial charge in [-0.1, -0.05) is 53.5 Å². The molecule has 160 valence electrons. The van der Waals surface area contributed by atoms with E-state index in [0.29, 0.717) is 29.3 Å². The van der Waals surface area contributed by atoms with Crippen molar-refractivity contribution >= 4 is 29.1 Å². The van der Waals surface area contributed by atoms with Gasteiger partial charge in [0.1, 0.15) is 0 Å². The zero-order chi connectivity index (χ0) is 22.0. The molecular weight excluding hydrogens is 429 g/mol. The van der Waals surface area contributed by atoms with Gasteiger partial charge < -0.3 is 4.90 Å². The maximum absolute atomic E-state index is 13.0. The Morgan fingerprint density at radius 3 is 2.55 bits per heavy atom. The lowest BCUT2D eigenvalue weighted by Gasteiger charge is -2.37. The van der Waals surface area contributed by atoms with Gasteiger partial charge in [-0.05, 0) is 41.7 Å². The molecule has 1 aliphatic heterocycles. The molecule has 0 fully saturated rings. The molecule has 1 aliphatic carbocycles. The number of rotatable bonds is 7. The van der Waals surface area contributed by atoms with E-state index in [2.05, 4.69) is 34.3 Å². The Morgan fingerprint density at radius 2 is 1.87 bits per heavy atom. The zero-order valence-electron chi connectivity index (χ0n) is 17.5. The molecule has 0 N–H and O–H groups in total. The molecule has 0 spiro atoms. The van der Waals surface area contributed by atoms with Crippen LogP contribution in [-0.4, -0.2) is 23.5 Å². The molecule has 2 atom stereocenters. The predicted octanol–water partition coefficient (Wildman–Crippen LogP) is 6.77. The van der Waals surface area contributed by atoms with Crippen molar-refractivity contribution in [2.24, 2.45) is 10.2 Å². The summed E-state index contributed by atoms with van der Waals surface area (Å²) in [5.74, 6) is 2.98. The Bertz CT molecular complexity index is 1050. The third kappa shape index (κ3) is 4.63. The van der Waals surface area contributed by atoms with Gasteiger partial charge in [0.2, 0.25) is 5.91 Å². The topological polar surface area (TPSA) is 45.0 Å². The van der Waals surface area contributed by atoms with E-state index in [9.17, 15) is 4.79 Å². The normalized spacial score (nSPS) is 20.6. The molecule has 0 unspecified atom stereocenters. The first-order valence-electron chi connectivity index (χ1n) is 10.6. The summed E-state index contributed by atoms with van der Waals surface area (Å²) in [6.45, 7) is 0. The van der Waals surface area contributed by atoms with Crippen LogP contribution in [0.2, 0.25) is 10.0 Å². The van der Waals surface area contributed by atoms with E-state index in [1.807, 2.05) is 36.2 Å². The number of halogens is 2. The standard InChI is InChI=1S/C25H25Cl2N3O/c1-3-4-14-25(28-29-25)15-13-24(31)30(2)23-12-10-18(19-7-5-6-8-20(19)23)17-9-11-21(26)22(27)16-17/h1,5-9,11,16,18,23H,4,10,12-15H2,2H3/t18-,23-/m1/s1. The summed E-state index contributed by atoms with van der Waals surface area (Å²) in [5, 5.41) is 9.42. The highest BCUT2D eigenvalue weighted by molar-refractivity contribution is 6.42. The van der Waals surface area contributed by atoms with Gasteiger partial charge >= 0.3 is 0 Å². The van der Waals surface area contributed by atoms with Gasteiger partial charge in [0, 0.05) is 38.6 Å². The molecule has 2 aromatic rings. The summed E-state index contributed by atoms with van der Waals surface area (Å²) < 4.78 is 0. The van der Waals surface area contributed by atoms with Gasteiger partial charge in [-0.15, -0.1) is 12.3 Å². The number of carbonyl (C=O) groups is 1. The van der Waals surface area contributed by atoms with E-state index >= 15 is 0 Å². The van der Waals surface area contributed by atoms with E-state index < -0.39 is 5.66 Å². The number of nitrogens with zero attached hydrogens (tertiary/aromatic N) is 3. The van der Waals surface area contributed by atoms with E-state index in [1.54, 1.807) is 0 Å². The van der Waals surface area contributed by atoms with Crippen LogP contribution in [0.1, 0.15) is 67.2 Å². The predicted molar refractivity (Wildman–Crippen MR) is 124 cm³/mol. The van der Waals surface area contributed by atoms with E-state index in [-0.39, 0.29) is 17.9 Å². The van der Waals surface area contributed by atoms with Crippen molar-refractivity contribution in [3.05, 3.63) is 69.2 Å². The second-order valence-electron chi connectivity index (χ2n) is 8.34. The lowest BCUT2D eigenvalue weighted by Crippen LogP contribution is -2.34. The number of carbonyl (C=O) groups excluding carboxylic acids is 1. The van der Waals surface area contributed by atoms with Crippen LogP contribution in [0.4, 0.5) is 0 Å². The van der Waals surface area contributed by atoms with Crippen LogP contribution in [-0.2, 0) is 4.79 Å². The van der Waals surface area contributed by atoms with Crippen molar-refractivity contribution in [1.82, 2.24) is 4.90 Å². The van der Waals surface area contributed by atoms with Gasteiger partial charge in [0.25, 0.3) is 0 Å². The largest absolute Gasteiger partial charge is 0.339 e. The van der Waals surface area contributed by atoms with E-state index in [4.69, 9.17) is 29.6 Å². The minimum Gasteiger partial charge on any atom is -0.339 e. The van der Waals surface area contributed by atoms with Crippen LogP contribution in [0.5, 0.6) is 0 Å². The third-order valence-electron chi connectivity index (χ3n) is 6.46. The van der Waals surface area contributed by atoms with Gasteiger partial charge in [-0.25, -0.2) is 0 Å². The highest BCUT2D eigenvalue weighted by Crippen LogP contribution is 2.44. The number of benzene rings is 2. The molecule has 0 saturated heterocycles. The third-order valence-corrected chi connectivity index (χ3v) is 7.20. The number of hydrogen-bond donors (Lipinski definition) is 0. The lowest BCUT2D eigenvalue weighted by atomic mass is 9.76. The van der Waals surface area contributed by atoms with E-state index in [1.165, 1.54) is 11.1 Å². The van der Waals surface area contributed by atoms with Crippen molar-refractivity contribution in [1.29, 1.82) is 0 Å². The summed E-state index contributed by atoms with van der Waals surface area (Å²) >= 11 is 12.4. The van der Waals surface area contributed by atoms with Crippen LogP contribution in [0.15, 0.2) is 52.7 Å². The summed E-state index contributed by atoms with van der Waals surface area (Å²) in [6.07, 6.45) is 9.58. The molecule has 2 aromatic carbocycles. The van der Waals surface area contributed by atoms with Gasteiger partial charge in [0.05, 0.1) is 16.1 Å². The molecule has 0 aromatic heterocycles. The van der Waals surface area contributed by atoms with Crippen molar-refractivity contribution in [3.8, 4) is 12.3 Å². The quantitative estimate of drug-likeness (QED) is 0.426. The molecule has 6 heteroatoms. The van der Waals surface area contributed by atoms with Gasteiger partial charge in [0.15, 0.2) is 5.66 Å². The Labute approximate surface area is 193 Å². The minimum absolute atomic E-state index is 0.0532. The number of hydrogen-bond acceptors (Lipinski definition) is 3. The van der Waals surface area contributed by atoms with Crippen LogP contribution in [0, 0.1) is 12.3 Å². The van der Waals surface area contributed by atoms with Crippen molar-refractivity contribution < 1.29 is 4.79 Å². The molecule has 31 heavy (non-hydrogen) atoms. The minimum atomic E-state index is -0.424. The number of fused-ring (bicyclic) bond motifs is 1. The SMILES string of the molecule is C#CCCC1(CCC(=O)N(C)[C@@H]2CC[C@H](c3ccc(Cl)c(Cl)c3)c3ccccc32)N=N1. The lowest BCUT2D eigenvalue weighted by molar-refractivity contribution is -0.132. The second kappa shape index (κ2) is 9.02. The molecule has 0 bridgehead atoms.